The molecule has 1 amide bonds. The molecule has 0 fully saturated rings. The Morgan fingerprint density at radius 2 is 1.93 bits per heavy atom. The van der Waals surface area contributed by atoms with Crippen molar-refractivity contribution in [3.05, 3.63) is 75.3 Å². The molecule has 0 aliphatic heterocycles. The van der Waals surface area contributed by atoms with Crippen LogP contribution in [0.2, 0.25) is 0 Å². The maximum Gasteiger partial charge on any atom is 0.330 e. The lowest BCUT2D eigenvalue weighted by molar-refractivity contribution is -0.384. The van der Waals surface area contributed by atoms with Crippen molar-refractivity contribution in [2.24, 2.45) is 5.10 Å². The Morgan fingerprint density at radius 1 is 1.24 bits per heavy atom. The van der Waals surface area contributed by atoms with Crippen LogP contribution in [0.15, 0.2) is 53.6 Å². The Kier molecular flexibility index (Phi) is 7.37. The highest BCUT2D eigenvalue weighted by Gasteiger charge is 2.40. The third-order valence-electron chi connectivity index (χ3n) is 3.56. The number of alkyl halides is 4. The van der Waals surface area contributed by atoms with Gasteiger partial charge in [0.05, 0.1) is 17.7 Å². The highest BCUT2D eigenvalue weighted by atomic mass is 19.3. The molecule has 0 heterocycles. The minimum Gasteiger partial charge on any atom is -0.370 e. The highest BCUT2D eigenvalue weighted by molar-refractivity contribution is 5.94. The molecule has 1 N–H and O–H groups in total. The van der Waals surface area contributed by atoms with Crippen molar-refractivity contribution in [1.29, 1.82) is 0 Å². The number of nitro groups is 1. The van der Waals surface area contributed by atoms with Crippen LogP contribution in [0.25, 0.3) is 0 Å². The van der Waals surface area contributed by atoms with E-state index in [1.807, 2.05) is 0 Å². The molecule has 0 saturated carbocycles. The number of nitrogens with zero attached hydrogens (tertiary/aromatic N) is 2. The van der Waals surface area contributed by atoms with Crippen molar-refractivity contribution in [1.82, 2.24) is 5.43 Å². The molecule has 7 nitrogen and oxygen atoms in total. The third kappa shape index (κ3) is 6.64. The summed E-state index contributed by atoms with van der Waals surface area (Å²) in [4.78, 5) is 22.1. The van der Waals surface area contributed by atoms with Gasteiger partial charge in [-0.15, -0.1) is 0 Å². The summed E-state index contributed by atoms with van der Waals surface area (Å²) in [6.45, 7) is -1.74. The van der Waals surface area contributed by atoms with E-state index in [9.17, 15) is 32.5 Å². The molecule has 154 valence electrons. The lowest BCUT2D eigenvalue weighted by Gasteiger charge is -2.15. The first-order valence-corrected chi connectivity index (χ1v) is 8.09. The van der Waals surface area contributed by atoms with Gasteiger partial charge < -0.3 is 4.74 Å². The SMILES string of the molecule is O=C(N/N=C\c1cccc([N+](=O)[O-])c1)c1ccc(COCC(F)(F)C(F)F)cc1. The first-order valence-electron chi connectivity index (χ1n) is 8.09. The minimum atomic E-state index is -4.23. The molecular formula is C18H15F4N3O4. The maximum atomic E-state index is 12.7. The number of non-ortho nitro benzene ring substituents is 1. The smallest absolute Gasteiger partial charge is 0.330 e. The van der Waals surface area contributed by atoms with E-state index in [4.69, 9.17) is 0 Å². The fourth-order valence-corrected chi connectivity index (χ4v) is 2.07. The summed E-state index contributed by atoms with van der Waals surface area (Å²) >= 11 is 0. The van der Waals surface area contributed by atoms with Gasteiger partial charge in [0.1, 0.15) is 6.61 Å². The van der Waals surface area contributed by atoms with Gasteiger partial charge in [-0.1, -0.05) is 24.3 Å². The van der Waals surface area contributed by atoms with Crippen LogP contribution in [-0.4, -0.2) is 36.0 Å². The van der Waals surface area contributed by atoms with Crippen LogP contribution in [0.1, 0.15) is 21.5 Å². The number of ether oxygens (including phenoxy) is 1. The zero-order chi connectivity index (χ0) is 21.4. The molecule has 0 aromatic heterocycles. The van der Waals surface area contributed by atoms with Gasteiger partial charge in [0.2, 0.25) is 0 Å². The zero-order valence-electron chi connectivity index (χ0n) is 14.7. The Bertz CT molecular complexity index is 889. The fourth-order valence-electron chi connectivity index (χ4n) is 2.07. The summed E-state index contributed by atoms with van der Waals surface area (Å²) in [5.41, 5.74) is 3.13. The largest absolute Gasteiger partial charge is 0.370 e. The number of nitro benzene ring substituents is 1. The van der Waals surface area contributed by atoms with Crippen molar-refractivity contribution in [3.8, 4) is 0 Å². The number of hydrazone groups is 1. The molecule has 2 rings (SSSR count). The molecule has 0 bridgehead atoms. The van der Waals surface area contributed by atoms with E-state index in [0.717, 1.165) is 0 Å². The number of carbonyl (C=O) groups excluding carboxylic acids is 1. The summed E-state index contributed by atoms with van der Waals surface area (Å²) in [6.07, 6.45) is -2.58. The Morgan fingerprint density at radius 3 is 2.55 bits per heavy atom. The van der Waals surface area contributed by atoms with Crippen molar-refractivity contribution in [3.63, 3.8) is 0 Å². The van der Waals surface area contributed by atoms with Crippen molar-refractivity contribution in [2.45, 2.75) is 19.0 Å². The number of rotatable bonds is 9. The standard InChI is InChI=1S/C18H15F4N3O4/c19-17(20)18(21,22)11-29-10-12-4-6-14(7-5-12)16(26)24-23-9-13-2-1-3-15(8-13)25(27)28/h1-9,17H,10-11H2,(H,24,26)/b23-9-. The van der Waals surface area contributed by atoms with E-state index in [2.05, 4.69) is 15.3 Å². The van der Waals surface area contributed by atoms with Crippen LogP contribution in [0.5, 0.6) is 0 Å². The zero-order valence-corrected chi connectivity index (χ0v) is 14.7. The van der Waals surface area contributed by atoms with Gasteiger partial charge in [-0.3, -0.25) is 14.9 Å². The second kappa shape index (κ2) is 9.73. The summed E-state index contributed by atoms with van der Waals surface area (Å²) in [5.74, 6) is -4.81. The highest BCUT2D eigenvalue weighted by Crippen LogP contribution is 2.23. The van der Waals surface area contributed by atoms with Gasteiger partial charge >= 0.3 is 12.3 Å². The lowest BCUT2D eigenvalue weighted by Crippen LogP contribution is -2.32. The summed E-state index contributed by atoms with van der Waals surface area (Å²) < 4.78 is 54.1. The molecule has 0 aliphatic rings. The van der Waals surface area contributed by atoms with Gasteiger partial charge in [0, 0.05) is 23.3 Å². The number of benzene rings is 2. The molecular weight excluding hydrogens is 398 g/mol. The van der Waals surface area contributed by atoms with Crippen LogP contribution >= 0.6 is 0 Å². The van der Waals surface area contributed by atoms with Crippen LogP contribution in [-0.2, 0) is 11.3 Å². The van der Waals surface area contributed by atoms with Crippen molar-refractivity contribution in [2.75, 3.05) is 6.61 Å². The number of nitrogens with one attached hydrogen (secondary N) is 1. The molecule has 0 saturated heterocycles. The topological polar surface area (TPSA) is 93.8 Å². The van der Waals surface area contributed by atoms with Gasteiger partial charge in [-0.05, 0) is 17.7 Å². The lowest BCUT2D eigenvalue weighted by atomic mass is 10.1. The number of halogens is 4. The predicted octanol–water partition coefficient (Wildman–Crippen LogP) is 3.78. The third-order valence-corrected chi connectivity index (χ3v) is 3.56. The van der Waals surface area contributed by atoms with Crippen molar-refractivity contribution >= 4 is 17.8 Å². The monoisotopic (exact) mass is 413 g/mol. The van der Waals surface area contributed by atoms with Gasteiger partial charge in [0.15, 0.2) is 0 Å². The first kappa shape index (κ1) is 22.0. The van der Waals surface area contributed by atoms with E-state index < -0.39 is 29.8 Å². The van der Waals surface area contributed by atoms with E-state index in [-0.39, 0.29) is 17.9 Å². The quantitative estimate of drug-likeness (QED) is 0.293. The normalized spacial score (nSPS) is 11.8. The van der Waals surface area contributed by atoms with E-state index in [1.54, 1.807) is 6.07 Å². The molecule has 0 aliphatic carbocycles. The second-order valence-electron chi connectivity index (χ2n) is 5.80. The van der Waals surface area contributed by atoms with Gasteiger partial charge in [-0.25, -0.2) is 14.2 Å². The number of hydrogen-bond acceptors (Lipinski definition) is 5. The molecule has 0 unspecified atom stereocenters. The average molecular weight is 413 g/mol. The first-order chi connectivity index (χ1) is 13.7. The van der Waals surface area contributed by atoms with E-state index in [0.29, 0.717) is 11.1 Å². The molecule has 0 atom stereocenters. The molecule has 0 radical (unpaired) electrons. The fraction of sp³-hybridized carbons (Fsp3) is 0.222. The Labute approximate surface area is 162 Å². The predicted molar refractivity (Wildman–Crippen MR) is 95.2 cm³/mol. The molecule has 0 spiro atoms. The summed E-state index contributed by atoms with van der Waals surface area (Å²) in [7, 11) is 0. The summed E-state index contributed by atoms with van der Waals surface area (Å²) in [5, 5.41) is 14.4. The molecule has 11 heteroatoms. The van der Waals surface area contributed by atoms with Crippen molar-refractivity contribution < 1.29 is 32.0 Å². The number of amides is 1. The molecule has 29 heavy (non-hydrogen) atoms. The average Bonchev–Trinajstić information content (AvgIpc) is 2.68. The Hall–Kier alpha value is -3.34. The van der Waals surface area contributed by atoms with Gasteiger partial charge in [0.25, 0.3) is 11.6 Å². The van der Waals surface area contributed by atoms with Gasteiger partial charge in [-0.2, -0.15) is 13.9 Å². The Balaban J connectivity index is 1.87. The number of hydrogen-bond donors (Lipinski definition) is 1. The van der Waals surface area contributed by atoms with Crippen LogP contribution in [0.3, 0.4) is 0 Å². The number of carbonyl (C=O) groups is 1. The van der Waals surface area contributed by atoms with Crippen LogP contribution < -0.4 is 5.43 Å². The van der Waals surface area contributed by atoms with Crippen LogP contribution in [0, 0.1) is 10.1 Å². The second-order valence-corrected chi connectivity index (χ2v) is 5.80. The van der Waals surface area contributed by atoms with Crippen LogP contribution in [0.4, 0.5) is 23.2 Å². The molecule has 2 aromatic rings. The maximum absolute atomic E-state index is 12.7. The van der Waals surface area contributed by atoms with E-state index in [1.165, 1.54) is 48.7 Å². The minimum absolute atomic E-state index is 0.121. The molecule has 2 aromatic carbocycles. The summed E-state index contributed by atoms with van der Waals surface area (Å²) in [6, 6.07) is 11.2. The van der Waals surface area contributed by atoms with E-state index >= 15 is 0 Å².